The fraction of sp³-hybridized carbons (Fsp3) is 0.297. The number of ether oxygens (including phenoxy) is 1. The summed E-state index contributed by atoms with van der Waals surface area (Å²) in [5.41, 5.74) is 19.4. The van der Waals surface area contributed by atoms with Crippen molar-refractivity contribution in [3.8, 4) is 5.75 Å². The van der Waals surface area contributed by atoms with Crippen LogP contribution in [0.2, 0.25) is 10.0 Å². The number of alkyl halides is 3. The van der Waals surface area contributed by atoms with Gasteiger partial charge in [-0.1, -0.05) is 132 Å². The number of methoxy groups -OCH3 is 1. The number of pyridine rings is 2. The Hall–Kier alpha value is -12.8. The first-order valence-corrected chi connectivity index (χ1v) is 47.1. The Labute approximate surface area is 786 Å². The average Bonchev–Trinajstić information content (AvgIpc) is 1.76. The summed E-state index contributed by atoms with van der Waals surface area (Å²) in [6.07, 6.45) is 22.6. The summed E-state index contributed by atoms with van der Waals surface area (Å²) in [7, 11) is 1.54. The maximum absolute atomic E-state index is 13.0. The third kappa shape index (κ3) is 27.0. The number of para-hydroxylation sites is 1. The zero-order chi connectivity index (χ0) is 93.9. The molecule has 18 rings (SSSR count). The van der Waals surface area contributed by atoms with Gasteiger partial charge in [-0.25, -0.2) is 0 Å². The Morgan fingerprint density at radius 2 is 0.624 bits per heavy atom. The predicted octanol–water partition coefficient (Wildman–Crippen LogP) is 25.3. The van der Waals surface area contributed by atoms with E-state index in [1.54, 1.807) is 67.8 Å². The SMILES string of the molecule is COc1ccccc1C(=O)CCC(=O)c1ccc2c(c1)CCC2.O=C(CCC(=O)c1ccccc1C(F)(F)F)c1ccc2c(c1)CCC2.O=C(CCC(=O)c1ccco1)c1ccc2c(c1)CCC2.O=C(CCC(=O)c1cccs1)c1ccc2c(c1)CCC2.O=C(CCC(=O)c1ncccc1Cl)c1ccc2c(c1)CCC2.O=C(CCC(=O)c1ncccc1Cl)c1ccc2c(c1)CCCC2. The van der Waals surface area contributed by atoms with E-state index in [2.05, 4.69) is 28.2 Å². The standard InChI is InChI=1S/C20H17F3O2.C20H20O3.C19H18ClNO2.C18H16ClNO2.C17H16O3.C17H16O2S/c21-20(22,23)17-7-2-1-6-16(17)19(25)11-10-18(24)15-9-8-13-4-3-5-14(13)12-15;1-23-20-8-3-2-7-17(20)19(22)12-11-18(21)16-10-9-14-5-4-6-15(14)13-16;20-16-6-3-11-21-19(16)18(23)10-9-17(22)15-8-7-13-4-1-2-5-14(13)12-15;19-15-5-2-10-20-18(15)17(22)9-8-16(21)14-7-6-12-3-1-4-13(12)11-14;2*18-15(8-9-16(19)17-5-2-10-20-17)14-7-6-12-3-1-4-13(12)11-14/h1-2,6-9,12H,3-5,10-11H2;2-3,7-10,13H,4-6,11-12H2,1H3;3,6-8,11-12H,1-2,4-5,9-10H2;2,5-7,10-11H,1,3-4,8-9H2;2*2,5-7,10-11H,1,3-4,8-9H2. The van der Waals surface area contributed by atoms with Gasteiger partial charge in [0.25, 0.3) is 0 Å². The summed E-state index contributed by atoms with van der Waals surface area (Å²) in [5.74, 6) is -0.372. The largest absolute Gasteiger partial charge is 0.496 e. The molecule has 4 aromatic heterocycles. The number of carbonyl (C=O) groups excluding carboxylic acids is 12. The summed E-state index contributed by atoms with van der Waals surface area (Å²) < 4.78 is 49.2. The van der Waals surface area contributed by atoms with Crippen LogP contribution in [0.3, 0.4) is 0 Å². The first-order chi connectivity index (χ1) is 64.3. The number of hydrogen-bond acceptors (Lipinski definition) is 17. The van der Waals surface area contributed by atoms with Crippen LogP contribution in [0.25, 0.3) is 0 Å². The molecule has 0 saturated heterocycles. The number of hydrogen-bond donors (Lipinski definition) is 0. The molecule has 16 nitrogen and oxygen atoms in total. The summed E-state index contributed by atoms with van der Waals surface area (Å²) in [6, 6.07) is 60.6. The molecule has 0 spiro atoms. The average molecular weight is 1850 g/mol. The molecule has 22 heteroatoms. The number of thiophene rings is 1. The van der Waals surface area contributed by atoms with E-state index in [0.717, 1.165) is 129 Å². The second kappa shape index (κ2) is 47.6. The van der Waals surface area contributed by atoms with Crippen LogP contribution >= 0.6 is 34.5 Å². The van der Waals surface area contributed by atoms with Crippen molar-refractivity contribution in [1.29, 1.82) is 0 Å². The fourth-order valence-electron chi connectivity index (χ4n) is 17.5. The molecule has 6 aliphatic rings. The van der Waals surface area contributed by atoms with Gasteiger partial charge in [0, 0.05) is 128 Å². The van der Waals surface area contributed by atoms with Crippen LogP contribution < -0.4 is 4.74 Å². The monoisotopic (exact) mass is 1850 g/mol. The molecule has 0 N–H and O–H groups in total. The molecule has 0 radical (unpaired) electrons. The number of halogens is 5. The number of rotatable bonds is 31. The molecule has 0 aliphatic heterocycles. The molecular weight excluding hydrogens is 1750 g/mol. The third-order valence-corrected chi connectivity index (χ3v) is 26.3. The molecule has 0 fully saturated rings. The molecule has 0 atom stereocenters. The lowest BCUT2D eigenvalue weighted by atomic mass is 9.89. The van der Waals surface area contributed by atoms with Crippen molar-refractivity contribution in [2.75, 3.05) is 7.11 Å². The van der Waals surface area contributed by atoms with Gasteiger partial charge in [0.1, 0.15) is 17.1 Å². The van der Waals surface area contributed by atoms with Crippen LogP contribution in [0.1, 0.15) is 318 Å². The van der Waals surface area contributed by atoms with Crippen LogP contribution in [0.15, 0.2) is 235 Å². The highest BCUT2D eigenvalue weighted by molar-refractivity contribution is 7.12. The van der Waals surface area contributed by atoms with E-state index in [1.165, 1.54) is 135 Å². The smallest absolute Gasteiger partial charge is 0.417 e. The van der Waals surface area contributed by atoms with Gasteiger partial charge in [0.15, 0.2) is 75.2 Å². The van der Waals surface area contributed by atoms with Gasteiger partial charge in [-0.2, -0.15) is 13.2 Å². The van der Waals surface area contributed by atoms with Crippen LogP contribution in [0.5, 0.6) is 5.75 Å². The molecule has 12 aromatic rings. The Balaban J connectivity index is 0.000000136. The second-order valence-electron chi connectivity index (χ2n) is 33.8. The highest BCUT2D eigenvalue weighted by Gasteiger charge is 2.35. The van der Waals surface area contributed by atoms with E-state index in [0.29, 0.717) is 56.7 Å². The molecule has 8 aromatic carbocycles. The van der Waals surface area contributed by atoms with Crippen molar-refractivity contribution in [1.82, 2.24) is 9.97 Å². The van der Waals surface area contributed by atoms with Crippen molar-refractivity contribution in [2.45, 2.75) is 205 Å². The van der Waals surface area contributed by atoms with E-state index in [1.807, 2.05) is 109 Å². The lowest BCUT2D eigenvalue weighted by Gasteiger charge is -2.16. The molecule has 133 heavy (non-hydrogen) atoms. The number of aromatic nitrogens is 2. The zero-order valence-electron chi connectivity index (χ0n) is 74.3. The van der Waals surface area contributed by atoms with E-state index in [4.69, 9.17) is 32.4 Å². The Bertz CT molecular complexity index is 6190. The van der Waals surface area contributed by atoms with Crippen molar-refractivity contribution in [3.63, 3.8) is 0 Å². The Morgan fingerprint density at radius 3 is 0.962 bits per heavy atom. The minimum absolute atomic E-state index is 0.00113. The van der Waals surface area contributed by atoms with Gasteiger partial charge in [-0.15, -0.1) is 11.3 Å². The minimum Gasteiger partial charge on any atom is -0.496 e. The van der Waals surface area contributed by atoms with Gasteiger partial charge >= 0.3 is 6.18 Å². The molecule has 6 aliphatic carbocycles. The summed E-state index contributed by atoms with van der Waals surface area (Å²) >= 11 is 13.3. The second-order valence-corrected chi connectivity index (χ2v) is 35.6. The number of Topliss-reactive ketones (excluding diaryl/α,β-unsaturated/α-hetero) is 12. The predicted molar refractivity (Wildman–Crippen MR) is 509 cm³/mol. The zero-order valence-corrected chi connectivity index (χ0v) is 76.6. The molecule has 0 unspecified atom stereocenters. The molecule has 4 heterocycles. The Morgan fingerprint density at radius 1 is 0.316 bits per heavy atom. The van der Waals surface area contributed by atoms with Gasteiger partial charge in [0.2, 0.25) is 0 Å². The first kappa shape index (κ1) is 97.8. The lowest BCUT2D eigenvalue weighted by molar-refractivity contribution is -0.138. The molecule has 682 valence electrons. The van der Waals surface area contributed by atoms with Crippen LogP contribution in [-0.4, -0.2) is 86.5 Å². The van der Waals surface area contributed by atoms with Crippen molar-refractivity contribution in [3.05, 3.63) is 379 Å². The number of fused-ring (bicyclic) bond motifs is 6. The van der Waals surface area contributed by atoms with Crippen LogP contribution in [0.4, 0.5) is 13.2 Å². The third-order valence-electron chi connectivity index (χ3n) is 24.8. The summed E-state index contributed by atoms with van der Waals surface area (Å²) in [6.45, 7) is 0. The van der Waals surface area contributed by atoms with Gasteiger partial charge in [-0.05, 0) is 291 Å². The van der Waals surface area contributed by atoms with Gasteiger partial charge in [-0.3, -0.25) is 67.5 Å². The number of nitrogens with zero attached hydrogens (tertiary/aromatic N) is 2. The highest BCUT2D eigenvalue weighted by atomic mass is 35.5. The van der Waals surface area contributed by atoms with Gasteiger partial charge in [0.05, 0.1) is 39.4 Å². The number of furan rings is 1. The van der Waals surface area contributed by atoms with Crippen molar-refractivity contribution >= 4 is 104 Å². The Kier molecular flexibility index (Phi) is 35.0. The number of ketones is 12. The number of carbonyl (C=O) groups is 12. The van der Waals surface area contributed by atoms with E-state index in [9.17, 15) is 70.7 Å². The van der Waals surface area contributed by atoms with Crippen LogP contribution in [0, 0.1) is 0 Å². The van der Waals surface area contributed by atoms with E-state index in [-0.39, 0.29) is 145 Å². The van der Waals surface area contributed by atoms with Gasteiger partial charge < -0.3 is 9.15 Å². The minimum atomic E-state index is -4.59. The van der Waals surface area contributed by atoms with Crippen molar-refractivity contribution in [2.24, 2.45) is 0 Å². The van der Waals surface area contributed by atoms with E-state index >= 15 is 0 Å². The van der Waals surface area contributed by atoms with Crippen LogP contribution in [-0.2, 0) is 83.2 Å². The first-order valence-electron chi connectivity index (χ1n) is 45.5. The number of benzene rings is 8. The quantitative estimate of drug-likeness (QED) is 0.0366. The maximum Gasteiger partial charge on any atom is 0.417 e. The highest BCUT2D eigenvalue weighted by Crippen LogP contribution is 2.35. The summed E-state index contributed by atoms with van der Waals surface area (Å²) in [5, 5.41) is 2.55. The van der Waals surface area contributed by atoms with E-state index < -0.39 is 17.5 Å². The molecule has 0 bridgehead atoms. The topological polar surface area (TPSA) is 253 Å². The molecular formula is C111H103Cl2F3N2O14S. The fourth-order valence-corrected chi connectivity index (χ4v) is 18.7. The normalized spacial score (nSPS) is 13.2. The molecule has 0 amide bonds. The molecule has 0 saturated carbocycles. The number of aryl methyl sites for hydroxylation is 12. The summed E-state index contributed by atoms with van der Waals surface area (Å²) in [4.78, 5) is 155. The lowest BCUT2D eigenvalue weighted by Crippen LogP contribution is -2.14. The maximum atomic E-state index is 13.0. The van der Waals surface area contributed by atoms with Crippen molar-refractivity contribution < 1.29 is 79.9 Å².